The van der Waals surface area contributed by atoms with E-state index in [1.165, 1.54) is 0 Å². The summed E-state index contributed by atoms with van der Waals surface area (Å²) in [4.78, 5) is 11.1. The van der Waals surface area contributed by atoms with Crippen LogP contribution in [0.25, 0.3) is 0 Å². The zero-order valence-electron chi connectivity index (χ0n) is 10.5. The van der Waals surface area contributed by atoms with Gasteiger partial charge in [0.25, 0.3) is 0 Å². The molecule has 0 radical (unpaired) electrons. The maximum atomic E-state index is 11.1. The molecule has 0 saturated heterocycles. The summed E-state index contributed by atoms with van der Waals surface area (Å²) in [6, 6.07) is 5.61. The Kier molecular flexibility index (Phi) is 5.49. The zero-order chi connectivity index (χ0) is 12.7. The van der Waals surface area contributed by atoms with E-state index in [4.69, 9.17) is 5.73 Å². The second-order valence-electron chi connectivity index (χ2n) is 4.03. The fourth-order valence-corrected chi connectivity index (χ4v) is 1.67. The van der Waals surface area contributed by atoms with Crippen molar-refractivity contribution >= 4 is 11.6 Å². The van der Waals surface area contributed by atoms with Crippen LogP contribution in [0.4, 0.5) is 5.69 Å². The summed E-state index contributed by atoms with van der Waals surface area (Å²) in [5.74, 6) is -0.374. The molecule has 0 saturated carbocycles. The number of rotatable bonds is 7. The summed E-state index contributed by atoms with van der Waals surface area (Å²) in [7, 11) is 0. The second kappa shape index (κ2) is 6.91. The van der Waals surface area contributed by atoms with Crippen LogP contribution in [0.5, 0.6) is 0 Å². The maximum Gasteiger partial charge on any atom is 0.248 e. The molecule has 0 aromatic heterocycles. The van der Waals surface area contributed by atoms with Gasteiger partial charge in [-0.15, -0.1) is 0 Å². The molecule has 0 unspecified atom stereocenters. The quantitative estimate of drug-likeness (QED) is 0.627. The minimum atomic E-state index is -0.374. The van der Waals surface area contributed by atoms with E-state index in [-0.39, 0.29) is 5.91 Å². The Morgan fingerprint density at radius 1 is 1.35 bits per heavy atom. The number of aryl methyl sites for hydroxylation is 1. The third-order valence-corrected chi connectivity index (χ3v) is 2.60. The first-order valence-electron chi connectivity index (χ1n) is 6.00. The van der Waals surface area contributed by atoms with Crippen LogP contribution in [0.2, 0.25) is 0 Å². The van der Waals surface area contributed by atoms with E-state index in [1.807, 2.05) is 19.1 Å². The first-order valence-corrected chi connectivity index (χ1v) is 6.00. The average Bonchev–Trinajstić information content (AvgIpc) is 2.28. The number of carbonyl (C=O) groups excluding carboxylic acids is 1. The molecule has 4 heteroatoms. The summed E-state index contributed by atoms with van der Waals surface area (Å²) in [5, 5.41) is 6.59. The fourth-order valence-electron chi connectivity index (χ4n) is 1.67. The van der Waals surface area contributed by atoms with E-state index in [9.17, 15) is 4.79 Å². The van der Waals surface area contributed by atoms with E-state index in [2.05, 4.69) is 17.6 Å². The molecule has 1 amide bonds. The Hall–Kier alpha value is -1.55. The molecule has 94 valence electrons. The molecule has 0 spiro atoms. The molecule has 1 aromatic carbocycles. The van der Waals surface area contributed by atoms with Crippen LogP contribution in [-0.2, 0) is 0 Å². The lowest BCUT2D eigenvalue weighted by Crippen LogP contribution is -2.17. The fraction of sp³-hybridized carbons (Fsp3) is 0.462. The van der Waals surface area contributed by atoms with Gasteiger partial charge in [-0.1, -0.05) is 6.92 Å². The van der Waals surface area contributed by atoms with E-state index in [0.29, 0.717) is 5.56 Å². The van der Waals surface area contributed by atoms with Gasteiger partial charge in [0, 0.05) is 17.8 Å². The minimum Gasteiger partial charge on any atom is -0.385 e. The van der Waals surface area contributed by atoms with Crippen molar-refractivity contribution < 1.29 is 4.79 Å². The van der Waals surface area contributed by atoms with Crippen molar-refractivity contribution in [3.8, 4) is 0 Å². The van der Waals surface area contributed by atoms with Crippen LogP contribution < -0.4 is 16.4 Å². The minimum absolute atomic E-state index is 0.374. The largest absolute Gasteiger partial charge is 0.385 e. The van der Waals surface area contributed by atoms with Crippen LogP contribution in [0.1, 0.15) is 29.3 Å². The predicted octanol–water partition coefficient (Wildman–Crippen LogP) is 1.51. The van der Waals surface area contributed by atoms with E-state index >= 15 is 0 Å². The molecular formula is C13H21N3O. The number of anilines is 1. The number of nitrogens with two attached hydrogens (primary N) is 1. The average molecular weight is 235 g/mol. The number of hydrogen-bond acceptors (Lipinski definition) is 3. The monoisotopic (exact) mass is 235 g/mol. The highest BCUT2D eigenvalue weighted by atomic mass is 16.1. The van der Waals surface area contributed by atoms with Crippen LogP contribution in [-0.4, -0.2) is 25.5 Å². The van der Waals surface area contributed by atoms with E-state index in [1.54, 1.807) is 6.07 Å². The van der Waals surface area contributed by atoms with Gasteiger partial charge in [0.15, 0.2) is 0 Å². The highest BCUT2D eigenvalue weighted by Gasteiger charge is 2.04. The molecule has 0 aliphatic rings. The summed E-state index contributed by atoms with van der Waals surface area (Å²) in [6.07, 6.45) is 1.07. The van der Waals surface area contributed by atoms with Gasteiger partial charge in [-0.3, -0.25) is 4.79 Å². The number of nitrogens with one attached hydrogen (secondary N) is 2. The Morgan fingerprint density at radius 3 is 2.71 bits per heavy atom. The molecule has 4 nitrogen and oxygen atoms in total. The maximum absolute atomic E-state index is 11.1. The molecule has 17 heavy (non-hydrogen) atoms. The molecule has 1 aromatic rings. The summed E-state index contributed by atoms with van der Waals surface area (Å²) in [6.45, 7) is 6.93. The first-order chi connectivity index (χ1) is 8.15. The van der Waals surface area contributed by atoms with Gasteiger partial charge in [-0.05, 0) is 50.2 Å². The Morgan fingerprint density at radius 2 is 2.12 bits per heavy atom. The Bertz CT molecular complexity index is 377. The van der Waals surface area contributed by atoms with Crippen molar-refractivity contribution in [1.29, 1.82) is 0 Å². The van der Waals surface area contributed by atoms with Crippen LogP contribution in [0.3, 0.4) is 0 Å². The third kappa shape index (κ3) is 4.44. The number of hydrogen-bond donors (Lipinski definition) is 3. The normalized spacial score (nSPS) is 10.2. The Balaban J connectivity index is 2.45. The van der Waals surface area contributed by atoms with Crippen LogP contribution in [0, 0.1) is 6.92 Å². The van der Waals surface area contributed by atoms with Gasteiger partial charge >= 0.3 is 0 Å². The molecule has 0 atom stereocenters. The van der Waals surface area contributed by atoms with E-state index < -0.39 is 0 Å². The molecule has 0 fully saturated rings. The van der Waals surface area contributed by atoms with Crippen molar-refractivity contribution in [3.05, 3.63) is 29.3 Å². The standard InChI is InChI=1S/C13H21N3O/c1-3-15-7-4-8-16-11-5-6-12(13(14)17)10(2)9-11/h5-6,9,15-16H,3-4,7-8H2,1-2H3,(H2,14,17). The van der Waals surface area contributed by atoms with Gasteiger partial charge < -0.3 is 16.4 Å². The summed E-state index contributed by atoms with van der Waals surface area (Å²) in [5.41, 5.74) is 7.78. The van der Waals surface area contributed by atoms with Crippen molar-refractivity contribution in [3.63, 3.8) is 0 Å². The molecule has 4 N–H and O–H groups in total. The highest BCUT2D eigenvalue weighted by Crippen LogP contribution is 2.14. The smallest absolute Gasteiger partial charge is 0.248 e. The SMILES string of the molecule is CCNCCCNc1ccc(C(N)=O)c(C)c1. The van der Waals surface area contributed by atoms with Crippen molar-refractivity contribution in [2.45, 2.75) is 20.3 Å². The molecule has 0 bridgehead atoms. The summed E-state index contributed by atoms with van der Waals surface area (Å²) >= 11 is 0. The lowest BCUT2D eigenvalue weighted by atomic mass is 10.1. The number of carbonyl (C=O) groups is 1. The van der Waals surface area contributed by atoms with Crippen LogP contribution >= 0.6 is 0 Å². The van der Waals surface area contributed by atoms with Gasteiger partial charge in [0.2, 0.25) is 5.91 Å². The highest BCUT2D eigenvalue weighted by molar-refractivity contribution is 5.94. The van der Waals surface area contributed by atoms with Crippen LogP contribution in [0.15, 0.2) is 18.2 Å². The van der Waals surface area contributed by atoms with E-state index in [0.717, 1.165) is 37.3 Å². The molecule has 0 aliphatic carbocycles. The zero-order valence-corrected chi connectivity index (χ0v) is 10.5. The van der Waals surface area contributed by atoms with Gasteiger partial charge in [-0.25, -0.2) is 0 Å². The van der Waals surface area contributed by atoms with Gasteiger partial charge in [0.1, 0.15) is 0 Å². The molecule has 0 heterocycles. The lowest BCUT2D eigenvalue weighted by molar-refractivity contribution is 0.1000. The van der Waals surface area contributed by atoms with Crippen molar-refractivity contribution in [2.24, 2.45) is 5.73 Å². The topological polar surface area (TPSA) is 67.2 Å². The molecular weight excluding hydrogens is 214 g/mol. The molecule has 1 rings (SSSR count). The Labute approximate surface area is 103 Å². The predicted molar refractivity (Wildman–Crippen MR) is 71.3 cm³/mol. The number of amides is 1. The van der Waals surface area contributed by atoms with Gasteiger partial charge in [-0.2, -0.15) is 0 Å². The first kappa shape index (κ1) is 13.5. The van der Waals surface area contributed by atoms with Gasteiger partial charge in [0.05, 0.1) is 0 Å². The van der Waals surface area contributed by atoms with Crippen molar-refractivity contribution in [2.75, 3.05) is 25.0 Å². The third-order valence-electron chi connectivity index (χ3n) is 2.60. The summed E-state index contributed by atoms with van der Waals surface area (Å²) < 4.78 is 0. The lowest BCUT2D eigenvalue weighted by Gasteiger charge is -2.09. The number of primary amides is 1. The van der Waals surface area contributed by atoms with Crippen molar-refractivity contribution in [1.82, 2.24) is 5.32 Å². The second-order valence-corrected chi connectivity index (χ2v) is 4.03. The molecule has 0 aliphatic heterocycles. The number of benzene rings is 1.